The lowest BCUT2D eigenvalue weighted by Crippen LogP contribution is -2.32. The molecule has 0 radical (unpaired) electrons. The minimum atomic E-state index is -4.97. The number of halogens is 4. The highest BCUT2D eigenvalue weighted by Gasteiger charge is 2.36. The van der Waals surface area contributed by atoms with Gasteiger partial charge in [-0.3, -0.25) is 19.2 Å². The van der Waals surface area contributed by atoms with Crippen LogP contribution in [0.25, 0.3) is 0 Å². The SMILES string of the molecule is C#C[C@](C)(COC(=O)C(C)(C)C)CC(=O)C(=O)c1c(C)c(C(=O)Nc2ccc(F)c(C(F)(F)F)c2)n(C)c1C. The van der Waals surface area contributed by atoms with Gasteiger partial charge in [-0.25, -0.2) is 4.39 Å². The number of hydrogen-bond donors (Lipinski definition) is 1. The van der Waals surface area contributed by atoms with Gasteiger partial charge in [0.05, 0.1) is 22.0 Å². The minimum absolute atomic E-state index is 0.0613. The zero-order valence-electron chi connectivity index (χ0n) is 22.7. The Bertz CT molecular complexity index is 1380. The topological polar surface area (TPSA) is 94.5 Å². The molecule has 1 amide bonds. The third-order valence-electron chi connectivity index (χ3n) is 6.19. The number of alkyl halides is 3. The summed E-state index contributed by atoms with van der Waals surface area (Å²) in [5, 5.41) is 2.28. The molecule has 0 aliphatic heterocycles. The van der Waals surface area contributed by atoms with Crippen molar-refractivity contribution in [1.82, 2.24) is 4.57 Å². The van der Waals surface area contributed by atoms with Crippen LogP contribution in [-0.2, 0) is 27.5 Å². The average Bonchev–Trinajstić information content (AvgIpc) is 3.04. The Morgan fingerprint density at radius 1 is 1.08 bits per heavy atom. The summed E-state index contributed by atoms with van der Waals surface area (Å²) in [4.78, 5) is 51.3. The minimum Gasteiger partial charge on any atom is -0.464 e. The fraction of sp³-hybridized carbons (Fsp3) is 0.429. The van der Waals surface area contributed by atoms with Gasteiger partial charge < -0.3 is 14.6 Å². The van der Waals surface area contributed by atoms with Crippen molar-refractivity contribution in [3.05, 3.63) is 52.1 Å². The third kappa shape index (κ3) is 6.93. The highest BCUT2D eigenvalue weighted by atomic mass is 19.4. The number of Topliss-reactive ketones (excluding diaryl/α,β-unsaturated/α-hetero) is 2. The molecule has 7 nitrogen and oxygen atoms in total. The van der Waals surface area contributed by atoms with Gasteiger partial charge in [0.1, 0.15) is 18.1 Å². The maximum absolute atomic E-state index is 13.6. The van der Waals surface area contributed by atoms with E-state index in [0.717, 1.165) is 6.07 Å². The van der Waals surface area contributed by atoms with Gasteiger partial charge in [-0.2, -0.15) is 13.2 Å². The van der Waals surface area contributed by atoms with E-state index in [1.165, 1.54) is 32.4 Å². The van der Waals surface area contributed by atoms with E-state index >= 15 is 0 Å². The lowest BCUT2D eigenvalue weighted by Gasteiger charge is -2.25. The Kier molecular flexibility index (Phi) is 8.86. The van der Waals surface area contributed by atoms with E-state index in [1.807, 2.05) is 0 Å². The molecule has 0 aliphatic rings. The molecule has 1 aromatic heterocycles. The monoisotopic (exact) mass is 550 g/mol. The molecule has 0 bridgehead atoms. The number of aromatic nitrogens is 1. The second kappa shape index (κ2) is 11.0. The molecule has 1 atom stereocenters. The lowest BCUT2D eigenvalue weighted by molar-refractivity contribution is -0.155. The number of nitrogens with one attached hydrogen (secondary N) is 1. The van der Waals surface area contributed by atoms with Crippen LogP contribution in [0.5, 0.6) is 0 Å². The Morgan fingerprint density at radius 3 is 2.18 bits per heavy atom. The maximum Gasteiger partial charge on any atom is 0.419 e. The number of ketones is 2. The standard InChI is InChI=1S/C28H30F4N2O5/c1-9-27(7,14-39-25(38)26(4,5)6)13-20(35)23(36)21-15(2)22(34(8)16(21)3)24(37)33-17-10-11-19(29)18(12-17)28(30,31)32/h1,10-12H,13-14H2,2-8H3,(H,33,37)/t27-/m0/s1. The maximum atomic E-state index is 13.6. The Labute approximate surface area is 223 Å². The number of carbonyl (C=O) groups is 4. The molecular weight excluding hydrogens is 520 g/mol. The van der Waals surface area contributed by atoms with Gasteiger partial charge in [0.15, 0.2) is 0 Å². The van der Waals surface area contributed by atoms with Gasteiger partial charge in [-0.15, -0.1) is 6.42 Å². The number of rotatable bonds is 8. The van der Waals surface area contributed by atoms with E-state index in [9.17, 15) is 36.7 Å². The number of ether oxygens (including phenoxy) is 1. The number of esters is 1. The summed E-state index contributed by atoms with van der Waals surface area (Å²) >= 11 is 0. The summed E-state index contributed by atoms with van der Waals surface area (Å²) in [6, 6.07) is 2.01. The van der Waals surface area contributed by atoms with Gasteiger partial charge in [-0.05, 0) is 65.3 Å². The van der Waals surface area contributed by atoms with Crippen LogP contribution in [0.2, 0.25) is 0 Å². The molecule has 0 aliphatic carbocycles. The number of anilines is 1. The molecule has 0 saturated carbocycles. The fourth-order valence-electron chi connectivity index (χ4n) is 3.80. The van der Waals surface area contributed by atoms with Crippen LogP contribution in [0.4, 0.5) is 23.2 Å². The van der Waals surface area contributed by atoms with Crippen molar-refractivity contribution < 1.29 is 41.5 Å². The summed E-state index contributed by atoms with van der Waals surface area (Å²) < 4.78 is 59.4. The first-order chi connectivity index (χ1) is 17.7. The molecule has 0 fully saturated rings. The van der Waals surface area contributed by atoms with Crippen molar-refractivity contribution in [2.24, 2.45) is 17.9 Å². The third-order valence-corrected chi connectivity index (χ3v) is 6.19. The molecular formula is C28H30F4N2O5. The number of amides is 1. The summed E-state index contributed by atoms with van der Waals surface area (Å²) in [7, 11) is 1.45. The first kappa shape index (κ1) is 31.3. The number of benzene rings is 1. The van der Waals surface area contributed by atoms with Crippen LogP contribution in [-0.4, -0.2) is 34.6 Å². The molecule has 0 saturated heterocycles. The van der Waals surface area contributed by atoms with Crippen molar-refractivity contribution in [2.45, 2.75) is 54.1 Å². The van der Waals surface area contributed by atoms with Gasteiger partial charge in [-0.1, -0.05) is 5.92 Å². The van der Waals surface area contributed by atoms with Gasteiger partial charge in [0.2, 0.25) is 11.6 Å². The first-order valence-corrected chi connectivity index (χ1v) is 11.8. The van der Waals surface area contributed by atoms with E-state index in [0.29, 0.717) is 12.1 Å². The molecule has 0 spiro atoms. The summed E-state index contributed by atoms with van der Waals surface area (Å²) in [5.74, 6) is -2.29. The quantitative estimate of drug-likeness (QED) is 0.156. The number of terminal acetylenes is 1. The van der Waals surface area contributed by atoms with Crippen LogP contribution >= 0.6 is 0 Å². The molecule has 0 unspecified atom stereocenters. The van der Waals surface area contributed by atoms with Crippen LogP contribution in [0.1, 0.15) is 71.8 Å². The molecule has 1 aromatic carbocycles. The van der Waals surface area contributed by atoms with Crippen molar-refractivity contribution in [1.29, 1.82) is 0 Å². The molecule has 39 heavy (non-hydrogen) atoms. The molecule has 2 rings (SSSR count). The van der Waals surface area contributed by atoms with E-state index in [-0.39, 0.29) is 34.8 Å². The highest BCUT2D eigenvalue weighted by molar-refractivity contribution is 6.44. The van der Waals surface area contributed by atoms with Crippen molar-refractivity contribution in [3.8, 4) is 12.3 Å². The predicted octanol–water partition coefficient (Wildman–Crippen LogP) is 5.42. The molecule has 210 valence electrons. The number of nitrogens with zero attached hydrogens (tertiary/aromatic N) is 1. The second-order valence-corrected chi connectivity index (χ2v) is 10.6. The number of hydrogen-bond acceptors (Lipinski definition) is 5. The van der Waals surface area contributed by atoms with Gasteiger partial charge in [0.25, 0.3) is 5.91 Å². The number of carbonyl (C=O) groups excluding carboxylic acids is 4. The molecule has 11 heteroatoms. The van der Waals surface area contributed by atoms with E-state index in [2.05, 4.69) is 11.2 Å². The lowest BCUT2D eigenvalue weighted by atomic mass is 9.84. The predicted molar refractivity (Wildman–Crippen MR) is 136 cm³/mol. The molecule has 1 N–H and O–H groups in total. The summed E-state index contributed by atoms with van der Waals surface area (Å²) in [6.45, 7) is 9.06. The largest absolute Gasteiger partial charge is 0.464 e. The molecule has 1 heterocycles. The van der Waals surface area contributed by atoms with Crippen LogP contribution in [0.3, 0.4) is 0 Å². The second-order valence-electron chi connectivity index (χ2n) is 10.6. The van der Waals surface area contributed by atoms with Crippen LogP contribution in [0, 0.1) is 42.8 Å². The van der Waals surface area contributed by atoms with Crippen LogP contribution < -0.4 is 5.32 Å². The molecule has 2 aromatic rings. The van der Waals surface area contributed by atoms with E-state index < -0.39 is 58.3 Å². The Hall–Kier alpha value is -3.94. The zero-order chi connectivity index (χ0) is 30.1. The normalized spacial score (nSPS) is 13.3. The Balaban J connectivity index is 2.32. The highest BCUT2D eigenvalue weighted by Crippen LogP contribution is 2.33. The summed E-state index contributed by atoms with van der Waals surface area (Å²) in [5.41, 5.74) is -3.71. The average molecular weight is 551 g/mol. The zero-order valence-corrected chi connectivity index (χ0v) is 22.7. The van der Waals surface area contributed by atoms with Crippen molar-refractivity contribution in [3.63, 3.8) is 0 Å². The first-order valence-electron chi connectivity index (χ1n) is 11.8. The van der Waals surface area contributed by atoms with Crippen LogP contribution in [0.15, 0.2) is 18.2 Å². The summed E-state index contributed by atoms with van der Waals surface area (Å²) in [6.07, 6.45) is 0.170. The fourth-order valence-corrected chi connectivity index (χ4v) is 3.80. The van der Waals surface area contributed by atoms with Crippen molar-refractivity contribution in [2.75, 3.05) is 11.9 Å². The van der Waals surface area contributed by atoms with E-state index in [1.54, 1.807) is 20.8 Å². The smallest absolute Gasteiger partial charge is 0.419 e. The van der Waals surface area contributed by atoms with E-state index in [4.69, 9.17) is 11.2 Å². The van der Waals surface area contributed by atoms with Gasteiger partial charge >= 0.3 is 12.1 Å². The Morgan fingerprint density at radius 2 is 1.67 bits per heavy atom. The van der Waals surface area contributed by atoms with Crippen molar-refractivity contribution >= 4 is 29.1 Å². The van der Waals surface area contributed by atoms with Gasteiger partial charge in [0, 0.05) is 24.8 Å².